The van der Waals surface area contributed by atoms with Gasteiger partial charge in [0.25, 0.3) is 11.6 Å². The van der Waals surface area contributed by atoms with Crippen LogP contribution < -0.4 is 4.74 Å². The van der Waals surface area contributed by atoms with Crippen LogP contribution in [-0.2, 0) is 19.6 Å². The van der Waals surface area contributed by atoms with Crippen LogP contribution >= 0.6 is 0 Å². The molecule has 178 valence electrons. The van der Waals surface area contributed by atoms with E-state index in [-0.39, 0.29) is 11.6 Å². The maximum atomic E-state index is 13.6. The molecule has 4 aromatic rings. The van der Waals surface area contributed by atoms with Crippen LogP contribution in [0.1, 0.15) is 32.7 Å². The third kappa shape index (κ3) is 5.76. The molecule has 0 aliphatic rings. The molecule has 0 aliphatic heterocycles. The van der Waals surface area contributed by atoms with Gasteiger partial charge in [0.15, 0.2) is 0 Å². The molecule has 0 fully saturated rings. The molecule has 0 atom stereocenters. The van der Waals surface area contributed by atoms with Gasteiger partial charge in [-0.05, 0) is 48.4 Å². The minimum absolute atomic E-state index is 0.0584. The highest BCUT2D eigenvalue weighted by atomic mass is 16.6. The number of carbonyl (C=O) groups excluding carboxylic acids is 1. The van der Waals surface area contributed by atoms with Gasteiger partial charge in [-0.3, -0.25) is 14.9 Å². The fourth-order valence-corrected chi connectivity index (χ4v) is 4.04. The van der Waals surface area contributed by atoms with E-state index in [0.29, 0.717) is 30.8 Å². The number of hydrogen-bond donors (Lipinski definition) is 0. The Bertz CT molecular complexity index is 1330. The standard InChI is InChI=1S/C28H27N3O4/c1-21-13-14-24(17-27(21)31(33)34)28(32)30(18-22-8-4-3-5-9-22)20-25-11-7-15-29(25)19-23-10-6-12-26(16-23)35-2/h3-17H,18-20H2,1-2H3. The first-order valence-electron chi connectivity index (χ1n) is 11.3. The van der Waals surface area contributed by atoms with E-state index in [4.69, 9.17) is 4.74 Å². The second-order valence-electron chi connectivity index (χ2n) is 8.38. The van der Waals surface area contributed by atoms with Crippen molar-refractivity contribution in [1.29, 1.82) is 0 Å². The Balaban J connectivity index is 1.63. The highest BCUT2D eigenvalue weighted by Crippen LogP contribution is 2.22. The molecule has 0 radical (unpaired) electrons. The van der Waals surface area contributed by atoms with Crippen molar-refractivity contribution in [1.82, 2.24) is 9.47 Å². The SMILES string of the molecule is COc1cccc(Cn2cccc2CN(Cc2ccccc2)C(=O)c2ccc(C)c([N+](=O)[O-])c2)c1. The fraction of sp³-hybridized carbons (Fsp3) is 0.179. The Morgan fingerprint density at radius 1 is 0.943 bits per heavy atom. The molecule has 1 amide bonds. The first-order chi connectivity index (χ1) is 16.9. The predicted octanol–water partition coefficient (Wildman–Crippen LogP) is 5.60. The van der Waals surface area contributed by atoms with Crippen LogP contribution in [0.5, 0.6) is 5.75 Å². The van der Waals surface area contributed by atoms with Crippen LogP contribution in [-0.4, -0.2) is 27.4 Å². The number of nitro groups is 1. The van der Waals surface area contributed by atoms with Crippen molar-refractivity contribution in [2.24, 2.45) is 0 Å². The van der Waals surface area contributed by atoms with E-state index >= 15 is 0 Å². The van der Waals surface area contributed by atoms with Gasteiger partial charge in [0, 0.05) is 42.2 Å². The molecule has 7 heteroatoms. The van der Waals surface area contributed by atoms with E-state index in [9.17, 15) is 14.9 Å². The lowest BCUT2D eigenvalue weighted by molar-refractivity contribution is -0.385. The van der Waals surface area contributed by atoms with Gasteiger partial charge in [-0.2, -0.15) is 0 Å². The molecule has 1 heterocycles. The van der Waals surface area contributed by atoms with E-state index < -0.39 is 4.92 Å². The summed E-state index contributed by atoms with van der Waals surface area (Å²) in [7, 11) is 1.64. The van der Waals surface area contributed by atoms with Gasteiger partial charge in [0.05, 0.1) is 18.6 Å². The Morgan fingerprint density at radius 2 is 1.71 bits per heavy atom. The van der Waals surface area contributed by atoms with Crippen molar-refractivity contribution < 1.29 is 14.5 Å². The van der Waals surface area contributed by atoms with Crippen LogP contribution in [0.2, 0.25) is 0 Å². The fourth-order valence-electron chi connectivity index (χ4n) is 4.04. The van der Waals surface area contributed by atoms with Crippen LogP contribution in [0.25, 0.3) is 0 Å². The van der Waals surface area contributed by atoms with Gasteiger partial charge in [-0.25, -0.2) is 0 Å². The van der Waals surface area contributed by atoms with Crippen molar-refractivity contribution in [2.75, 3.05) is 7.11 Å². The summed E-state index contributed by atoms with van der Waals surface area (Å²) in [5, 5.41) is 11.4. The number of amides is 1. The molecule has 0 unspecified atom stereocenters. The van der Waals surface area contributed by atoms with Gasteiger partial charge < -0.3 is 14.2 Å². The summed E-state index contributed by atoms with van der Waals surface area (Å²) < 4.78 is 7.44. The number of aryl methyl sites for hydroxylation is 1. The van der Waals surface area contributed by atoms with Crippen molar-refractivity contribution >= 4 is 11.6 Å². The number of carbonyl (C=O) groups is 1. The van der Waals surface area contributed by atoms with Gasteiger partial charge in [0.1, 0.15) is 5.75 Å². The third-order valence-corrected chi connectivity index (χ3v) is 5.92. The number of aromatic nitrogens is 1. The maximum absolute atomic E-state index is 13.6. The van der Waals surface area contributed by atoms with Crippen molar-refractivity contribution in [3.05, 3.63) is 129 Å². The van der Waals surface area contributed by atoms with Gasteiger partial charge in [0.2, 0.25) is 0 Å². The Labute approximate surface area is 204 Å². The number of rotatable bonds is 9. The average molecular weight is 470 g/mol. The number of nitrogens with zero attached hydrogens (tertiary/aromatic N) is 3. The molecule has 0 spiro atoms. The number of ether oxygens (including phenoxy) is 1. The monoisotopic (exact) mass is 469 g/mol. The van der Waals surface area contributed by atoms with Crippen molar-refractivity contribution in [3.63, 3.8) is 0 Å². The smallest absolute Gasteiger partial charge is 0.273 e. The number of hydrogen-bond acceptors (Lipinski definition) is 4. The molecule has 0 N–H and O–H groups in total. The third-order valence-electron chi connectivity index (χ3n) is 5.92. The molecule has 0 saturated carbocycles. The largest absolute Gasteiger partial charge is 0.497 e. The van der Waals surface area contributed by atoms with E-state index in [1.807, 2.05) is 72.9 Å². The molecule has 0 aliphatic carbocycles. The topological polar surface area (TPSA) is 77.6 Å². The Hall–Kier alpha value is -4.39. The summed E-state index contributed by atoms with van der Waals surface area (Å²) in [6, 6.07) is 26.2. The lowest BCUT2D eigenvalue weighted by Gasteiger charge is -2.24. The zero-order chi connectivity index (χ0) is 24.8. The molecule has 0 bridgehead atoms. The normalized spacial score (nSPS) is 10.7. The van der Waals surface area contributed by atoms with Gasteiger partial charge in [-0.15, -0.1) is 0 Å². The second kappa shape index (κ2) is 10.7. The van der Waals surface area contributed by atoms with E-state index in [0.717, 1.165) is 22.6 Å². The summed E-state index contributed by atoms with van der Waals surface area (Å²) in [5.41, 5.74) is 3.78. The first kappa shape index (κ1) is 23.8. The molecule has 7 nitrogen and oxygen atoms in total. The lowest BCUT2D eigenvalue weighted by atomic mass is 10.1. The number of nitro benzene ring substituents is 1. The highest BCUT2D eigenvalue weighted by molar-refractivity contribution is 5.95. The quantitative estimate of drug-likeness (QED) is 0.236. The van der Waals surface area contributed by atoms with Gasteiger partial charge in [-0.1, -0.05) is 48.5 Å². The molecule has 1 aromatic heterocycles. The van der Waals surface area contributed by atoms with E-state index in [2.05, 4.69) is 4.57 Å². The van der Waals surface area contributed by atoms with Crippen LogP contribution in [0.4, 0.5) is 5.69 Å². The van der Waals surface area contributed by atoms with Crippen LogP contribution in [0.15, 0.2) is 91.1 Å². The molecule has 4 rings (SSSR count). The van der Waals surface area contributed by atoms with Gasteiger partial charge >= 0.3 is 0 Å². The summed E-state index contributed by atoms with van der Waals surface area (Å²) in [4.78, 5) is 26.3. The van der Waals surface area contributed by atoms with Crippen molar-refractivity contribution in [3.8, 4) is 5.75 Å². The second-order valence-corrected chi connectivity index (χ2v) is 8.38. The number of methoxy groups -OCH3 is 1. The summed E-state index contributed by atoms with van der Waals surface area (Å²) in [6.45, 7) is 3.03. The lowest BCUT2D eigenvalue weighted by Crippen LogP contribution is -2.31. The predicted molar refractivity (Wildman–Crippen MR) is 134 cm³/mol. The summed E-state index contributed by atoms with van der Waals surface area (Å²) in [5.74, 6) is 0.532. The zero-order valence-electron chi connectivity index (χ0n) is 19.8. The molecule has 3 aromatic carbocycles. The Morgan fingerprint density at radius 3 is 2.46 bits per heavy atom. The minimum Gasteiger partial charge on any atom is -0.497 e. The van der Waals surface area contributed by atoms with Crippen molar-refractivity contribution in [2.45, 2.75) is 26.6 Å². The molecule has 35 heavy (non-hydrogen) atoms. The Kier molecular flexibility index (Phi) is 7.26. The number of benzene rings is 3. The van der Waals surface area contributed by atoms with Crippen LogP contribution in [0, 0.1) is 17.0 Å². The molecular weight excluding hydrogens is 442 g/mol. The average Bonchev–Trinajstić information content (AvgIpc) is 3.30. The zero-order valence-corrected chi connectivity index (χ0v) is 19.8. The minimum atomic E-state index is -0.451. The summed E-state index contributed by atoms with van der Waals surface area (Å²) in [6.07, 6.45) is 1.98. The summed E-state index contributed by atoms with van der Waals surface area (Å²) >= 11 is 0. The molecule has 0 saturated heterocycles. The van der Waals surface area contributed by atoms with E-state index in [1.165, 1.54) is 6.07 Å². The first-order valence-corrected chi connectivity index (χ1v) is 11.3. The molecular formula is C28H27N3O4. The van der Waals surface area contributed by atoms with Crippen LogP contribution in [0.3, 0.4) is 0 Å². The highest BCUT2D eigenvalue weighted by Gasteiger charge is 2.21. The maximum Gasteiger partial charge on any atom is 0.273 e. The van der Waals surface area contributed by atoms with E-state index in [1.54, 1.807) is 31.1 Å².